The topological polar surface area (TPSA) is 108 Å². The molecule has 0 aliphatic heterocycles. The molecule has 0 amide bonds. The van der Waals surface area contributed by atoms with Crippen molar-refractivity contribution >= 4 is 19.8 Å². The maximum Gasteiger partial charge on any atom is 0.472 e. The second-order valence-corrected chi connectivity index (χ2v) is 25.3. The van der Waals surface area contributed by atoms with Crippen LogP contribution in [0.15, 0.2) is 72.9 Å². The van der Waals surface area contributed by atoms with Crippen molar-refractivity contribution in [2.75, 3.05) is 47.5 Å². The van der Waals surface area contributed by atoms with Gasteiger partial charge in [-0.05, 0) is 64.2 Å². The average Bonchev–Trinajstić information content (AvgIpc) is 3.42. The van der Waals surface area contributed by atoms with Crippen LogP contribution in [0.1, 0.15) is 309 Å². The number of rotatable bonds is 62. The normalized spacial score (nSPS) is 13.6. The predicted molar refractivity (Wildman–Crippen MR) is 344 cm³/mol. The number of unbranched alkanes of at least 4 members (excludes halogenated alkanes) is 36. The first-order valence-electron chi connectivity index (χ1n) is 33.7. The van der Waals surface area contributed by atoms with E-state index >= 15 is 0 Å². The lowest BCUT2D eigenvalue weighted by molar-refractivity contribution is -0.870. The van der Waals surface area contributed by atoms with Crippen LogP contribution in [0.2, 0.25) is 0 Å². The van der Waals surface area contributed by atoms with Gasteiger partial charge in [-0.1, -0.05) is 305 Å². The van der Waals surface area contributed by atoms with E-state index in [2.05, 4.69) is 86.8 Å². The minimum absolute atomic E-state index is 0.0285. The summed E-state index contributed by atoms with van der Waals surface area (Å²) in [5.74, 6) is -0.796. The van der Waals surface area contributed by atoms with Gasteiger partial charge in [0.25, 0.3) is 0 Å². The van der Waals surface area contributed by atoms with E-state index in [4.69, 9.17) is 18.5 Å². The SMILES string of the molecule is CC/C=C\C/C=C\C/C=C\C/C=C\C/C=C\C/C=C\CCCCCCCCCCC(=O)OC(COC(=O)CCCCCCCCCCCCCCCCCCCCCCCCCCCCCCC)COP(=O)(O)OCC[N+](C)(C)C. The predicted octanol–water partition coefficient (Wildman–Crippen LogP) is 21.6. The zero-order valence-corrected chi connectivity index (χ0v) is 54.0. The molecule has 0 heterocycles. The third-order valence-corrected chi connectivity index (χ3v) is 15.7. The Balaban J connectivity index is 4.07. The highest BCUT2D eigenvalue weighted by Crippen LogP contribution is 2.43. The molecule has 80 heavy (non-hydrogen) atoms. The fourth-order valence-electron chi connectivity index (χ4n) is 9.61. The lowest BCUT2D eigenvalue weighted by Gasteiger charge is -2.24. The van der Waals surface area contributed by atoms with Crippen molar-refractivity contribution in [1.82, 2.24) is 0 Å². The highest BCUT2D eigenvalue weighted by molar-refractivity contribution is 7.47. The number of hydrogen-bond donors (Lipinski definition) is 1. The molecule has 10 heteroatoms. The van der Waals surface area contributed by atoms with Crippen molar-refractivity contribution in [2.24, 2.45) is 0 Å². The number of phosphoric ester groups is 1. The van der Waals surface area contributed by atoms with Crippen molar-refractivity contribution in [3.05, 3.63) is 72.9 Å². The maximum atomic E-state index is 12.9. The van der Waals surface area contributed by atoms with E-state index in [1.807, 2.05) is 21.1 Å². The van der Waals surface area contributed by atoms with E-state index in [0.29, 0.717) is 17.4 Å². The molecule has 0 bridgehead atoms. The maximum absolute atomic E-state index is 12.9. The van der Waals surface area contributed by atoms with Gasteiger partial charge < -0.3 is 18.9 Å². The number of carbonyl (C=O) groups is 2. The molecule has 0 saturated heterocycles. The second kappa shape index (κ2) is 61.0. The van der Waals surface area contributed by atoms with Crippen LogP contribution in [0.5, 0.6) is 0 Å². The second-order valence-electron chi connectivity index (χ2n) is 23.8. The standard InChI is InChI=1S/C70H128NO8P/c1-6-8-10-12-14-16-18-20-22-24-26-28-30-32-34-35-37-38-40-42-44-46-48-50-52-54-56-58-60-62-69(72)76-66-68(67-78-80(74,75)77-65-64-71(3,4)5)79-70(73)63-61-59-57-55-53-51-49-47-45-43-41-39-36-33-31-29-27-25-23-21-19-17-15-13-11-9-7-2/h9,11,15,17,21,23,27,29,33,36,41,43,68H,6-8,10,12-14,16,18-20,22,24-26,28,30-32,34-35,37-40,42,44-67H2,1-5H3/p+1/b11-9-,17-15-,23-21-,29-27-,36-33-,43-41-. The molecule has 0 fully saturated rings. The quantitative estimate of drug-likeness (QED) is 0.0211. The number of hydrogen-bond acceptors (Lipinski definition) is 7. The number of allylic oxidation sites excluding steroid dienone is 12. The largest absolute Gasteiger partial charge is 0.472 e. The first kappa shape index (κ1) is 77.5. The summed E-state index contributed by atoms with van der Waals surface area (Å²) in [7, 11) is 1.48. The van der Waals surface area contributed by atoms with Gasteiger partial charge in [-0.2, -0.15) is 0 Å². The molecule has 0 rings (SSSR count). The molecule has 0 aliphatic carbocycles. The molecule has 0 radical (unpaired) electrons. The van der Waals surface area contributed by atoms with Crippen LogP contribution in [0.25, 0.3) is 0 Å². The number of likely N-dealkylation sites (N-methyl/N-ethyl adjacent to an activating group) is 1. The molecule has 1 N–H and O–H groups in total. The molecular formula is C70H129NO8P+. The van der Waals surface area contributed by atoms with Crippen molar-refractivity contribution in [1.29, 1.82) is 0 Å². The van der Waals surface area contributed by atoms with E-state index in [1.165, 1.54) is 193 Å². The lowest BCUT2D eigenvalue weighted by Crippen LogP contribution is -2.37. The minimum atomic E-state index is -4.40. The molecule has 0 aliphatic rings. The number of nitrogens with zero attached hydrogens (tertiary/aromatic N) is 1. The molecule has 0 aromatic rings. The summed E-state index contributed by atoms with van der Waals surface area (Å²) in [6.07, 6.45) is 81.4. The summed E-state index contributed by atoms with van der Waals surface area (Å²) in [6, 6.07) is 0. The zero-order valence-electron chi connectivity index (χ0n) is 53.1. The summed E-state index contributed by atoms with van der Waals surface area (Å²) in [6.45, 7) is 4.35. The molecule has 0 aromatic heterocycles. The van der Waals surface area contributed by atoms with Crippen LogP contribution in [0.3, 0.4) is 0 Å². The highest BCUT2D eigenvalue weighted by atomic mass is 31.2. The van der Waals surface area contributed by atoms with Crippen molar-refractivity contribution in [3.63, 3.8) is 0 Å². The number of phosphoric acid groups is 1. The van der Waals surface area contributed by atoms with Gasteiger partial charge in [0.1, 0.15) is 19.8 Å². The first-order chi connectivity index (χ1) is 39.0. The number of quaternary nitrogens is 1. The van der Waals surface area contributed by atoms with Gasteiger partial charge in [0.2, 0.25) is 0 Å². The summed E-state index contributed by atoms with van der Waals surface area (Å²) in [5, 5.41) is 0. The van der Waals surface area contributed by atoms with Gasteiger partial charge in [0, 0.05) is 12.8 Å². The Morgan fingerprint density at radius 1 is 0.400 bits per heavy atom. The van der Waals surface area contributed by atoms with Crippen LogP contribution in [0, 0.1) is 0 Å². The Bertz CT molecular complexity index is 1580. The van der Waals surface area contributed by atoms with Crippen LogP contribution < -0.4 is 0 Å². The number of esters is 2. The van der Waals surface area contributed by atoms with E-state index < -0.39 is 26.5 Å². The minimum Gasteiger partial charge on any atom is -0.462 e. The van der Waals surface area contributed by atoms with E-state index in [1.54, 1.807) is 0 Å². The average molecular weight is 1140 g/mol. The molecule has 9 nitrogen and oxygen atoms in total. The molecule has 2 atom stereocenters. The van der Waals surface area contributed by atoms with Gasteiger partial charge in [-0.15, -0.1) is 0 Å². The highest BCUT2D eigenvalue weighted by Gasteiger charge is 2.27. The van der Waals surface area contributed by atoms with Gasteiger partial charge in [-0.25, -0.2) is 4.57 Å². The first-order valence-corrected chi connectivity index (χ1v) is 35.2. The third kappa shape index (κ3) is 64.6. The fourth-order valence-corrected chi connectivity index (χ4v) is 10.4. The summed E-state index contributed by atoms with van der Waals surface area (Å²) in [4.78, 5) is 35.8. The summed E-state index contributed by atoms with van der Waals surface area (Å²) < 4.78 is 34.7. The fraction of sp³-hybridized carbons (Fsp3) is 0.800. The lowest BCUT2D eigenvalue weighted by atomic mass is 10.0. The molecule has 0 spiro atoms. The van der Waals surface area contributed by atoms with E-state index in [0.717, 1.165) is 83.5 Å². The van der Waals surface area contributed by atoms with Gasteiger partial charge in [0.15, 0.2) is 6.10 Å². The summed E-state index contributed by atoms with van der Waals surface area (Å²) >= 11 is 0. The Morgan fingerprint density at radius 2 is 0.713 bits per heavy atom. The van der Waals surface area contributed by atoms with Gasteiger partial charge in [-0.3, -0.25) is 18.6 Å². The van der Waals surface area contributed by atoms with Crippen molar-refractivity contribution in [3.8, 4) is 0 Å². The molecule has 0 saturated carbocycles. The van der Waals surface area contributed by atoms with Crippen molar-refractivity contribution < 1.29 is 42.1 Å². The van der Waals surface area contributed by atoms with E-state index in [9.17, 15) is 19.0 Å². The molecule has 466 valence electrons. The van der Waals surface area contributed by atoms with Crippen LogP contribution in [-0.4, -0.2) is 74.9 Å². The van der Waals surface area contributed by atoms with Gasteiger partial charge in [0.05, 0.1) is 27.7 Å². The van der Waals surface area contributed by atoms with Gasteiger partial charge >= 0.3 is 19.8 Å². The smallest absolute Gasteiger partial charge is 0.462 e. The summed E-state index contributed by atoms with van der Waals surface area (Å²) in [5.41, 5.74) is 0. The third-order valence-electron chi connectivity index (χ3n) is 14.8. The Morgan fingerprint density at radius 3 is 1.06 bits per heavy atom. The van der Waals surface area contributed by atoms with Crippen LogP contribution >= 0.6 is 7.82 Å². The molecule has 2 unspecified atom stereocenters. The molecule has 0 aromatic carbocycles. The molecular weight excluding hydrogens is 1010 g/mol. The Labute approximate surface area is 495 Å². The van der Waals surface area contributed by atoms with Crippen LogP contribution in [-0.2, 0) is 32.7 Å². The zero-order chi connectivity index (χ0) is 58.4. The monoisotopic (exact) mass is 1140 g/mol. The van der Waals surface area contributed by atoms with E-state index in [-0.39, 0.29) is 32.0 Å². The Hall–Kier alpha value is -2.55. The van der Waals surface area contributed by atoms with Crippen LogP contribution in [0.4, 0.5) is 0 Å². The van der Waals surface area contributed by atoms with Crippen molar-refractivity contribution in [2.45, 2.75) is 315 Å². The Kier molecular flexibility index (Phi) is 59.1. The number of carbonyl (C=O) groups excluding carboxylic acids is 2. The number of ether oxygens (including phenoxy) is 2.